The summed E-state index contributed by atoms with van der Waals surface area (Å²) in [4.78, 5) is 19.7. The Balaban J connectivity index is 3.51. The average Bonchev–Trinajstić information content (AvgIpc) is 1.97. The van der Waals surface area contributed by atoms with E-state index in [9.17, 15) is 9.59 Å². The van der Waals surface area contributed by atoms with Gasteiger partial charge in [0.1, 0.15) is 6.29 Å². The van der Waals surface area contributed by atoms with E-state index in [0.717, 1.165) is 6.08 Å². The smallest absolute Gasteiger partial charge is 0.303 e. The second-order valence-corrected chi connectivity index (χ2v) is 2.02. The third-order valence-electron chi connectivity index (χ3n) is 1.07. The van der Waals surface area contributed by atoms with Crippen LogP contribution in [0.25, 0.3) is 0 Å². The maximum Gasteiger partial charge on any atom is 0.303 e. The number of rotatable bonds is 5. The molecule has 11 heavy (non-hydrogen) atoms. The highest BCUT2D eigenvalue weighted by molar-refractivity contribution is 5.67. The molecule has 0 rings (SSSR count). The normalized spacial score (nSPS) is 13.2. The summed E-state index contributed by atoms with van der Waals surface area (Å²) in [5.41, 5.74) is 0. The zero-order chi connectivity index (χ0) is 8.69. The number of carboxylic acids is 1. The van der Waals surface area contributed by atoms with Crippen molar-refractivity contribution in [3.05, 3.63) is 12.2 Å². The van der Waals surface area contributed by atoms with Crippen LogP contribution in [0, 0.1) is 0 Å². The van der Waals surface area contributed by atoms with Gasteiger partial charge in [-0.25, -0.2) is 0 Å². The molecular formula is C7H10O4. The van der Waals surface area contributed by atoms with Gasteiger partial charge in [0.25, 0.3) is 0 Å². The number of carbonyl (C=O) groups excluding carboxylic acids is 1. The molecule has 0 aliphatic heterocycles. The Hall–Kier alpha value is -1.16. The quantitative estimate of drug-likeness (QED) is 0.435. The molecule has 0 radical (unpaired) electrons. The van der Waals surface area contributed by atoms with E-state index in [1.807, 2.05) is 0 Å². The van der Waals surface area contributed by atoms with E-state index in [4.69, 9.17) is 10.2 Å². The highest BCUT2D eigenvalue weighted by atomic mass is 16.4. The fourth-order valence-corrected chi connectivity index (χ4v) is 0.541. The summed E-state index contributed by atoms with van der Waals surface area (Å²) in [7, 11) is 0. The molecule has 0 heterocycles. The fourth-order valence-electron chi connectivity index (χ4n) is 0.541. The highest BCUT2D eigenvalue weighted by Gasteiger charge is 2.02. The molecule has 0 aromatic rings. The van der Waals surface area contributed by atoms with Gasteiger partial charge in [0.15, 0.2) is 0 Å². The third kappa shape index (κ3) is 6.73. The molecule has 0 saturated carbocycles. The minimum Gasteiger partial charge on any atom is -0.481 e. The topological polar surface area (TPSA) is 74.6 Å². The van der Waals surface area contributed by atoms with Crippen LogP contribution in [-0.2, 0) is 9.59 Å². The second kappa shape index (κ2) is 5.61. The predicted octanol–water partition coefficient (Wildman–Crippen LogP) is -0.0328. The molecule has 0 aromatic heterocycles. The van der Waals surface area contributed by atoms with Crippen molar-refractivity contribution in [1.82, 2.24) is 0 Å². The zero-order valence-electron chi connectivity index (χ0n) is 5.93. The van der Waals surface area contributed by atoms with E-state index in [2.05, 4.69) is 0 Å². The van der Waals surface area contributed by atoms with Crippen LogP contribution in [0.2, 0.25) is 0 Å². The summed E-state index contributed by atoms with van der Waals surface area (Å²) in [5.74, 6) is -0.955. The van der Waals surface area contributed by atoms with Crippen LogP contribution >= 0.6 is 0 Å². The van der Waals surface area contributed by atoms with Gasteiger partial charge < -0.3 is 10.2 Å². The Bertz CT molecular complexity index is 162. The van der Waals surface area contributed by atoms with Crippen LogP contribution in [0.3, 0.4) is 0 Å². The molecule has 0 aliphatic carbocycles. The summed E-state index contributed by atoms with van der Waals surface area (Å²) in [5, 5.41) is 17.1. The van der Waals surface area contributed by atoms with Crippen molar-refractivity contribution in [3.8, 4) is 0 Å². The van der Waals surface area contributed by atoms with Crippen LogP contribution in [0.1, 0.15) is 12.8 Å². The lowest BCUT2D eigenvalue weighted by Crippen LogP contribution is -2.05. The van der Waals surface area contributed by atoms with Crippen molar-refractivity contribution in [1.29, 1.82) is 0 Å². The van der Waals surface area contributed by atoms with Crippen molar-refractivity contribution in [2.24, 2.45) is 0 Å². The summed E-state index contributed by atoms with van der Waals surface area (Å²) < 4.78 is 0. The SMILES string of the molecule is O=CC=CC(O)CCC(=O)O. The first-order valence-corrected chi connectivity index (χ1v) is 3.18. The van der Waals surface area contributed by atoms with Gasteiger partial charge in [-0.15, -0.1) is 0 Å². The Morgan fingerprint density at radius 3 is 2.64 bits per heavy atom. The number of hydrogen-bond donors (Lipinski definition) is 2. The first-order valence-electron chi connectivity index (χ1n) is 3.18. The van der Waals surface area contributed by atoms with Crippen molar-refractivity contribution in [3.63, 3.8) is 0 Å². The lowest BCUT2D eigenvalue weighted by Gasteiger charge is -2.00. The Morgan fingerprint density at radius 2 is 2.18 bits per heavy atom. The summed E-state index contributed by atoms with van der Waals surface area (Å²) in [6.45, 7) is 0. The lowest BCUT2D eigenvalue weighted by molar-refractivity contribution is -0.137. The van der Waals surface area contributed by atoms with E-state index in [1.54, 1.807) is 0 Å². The van der Waals surface area contributed by atoms with Gasteiger partial charge in [0.05, 0.1) is 6.10 Å². The van der Waals surface area contributed by atoms with Crippen molar-refractivity contribution in [2.75, 3.05) is 0 Å². The molecule has 0 fully saturated rings. The van der Waals surface area contributed by atoms with E-state index < -0.39 is 12.1 Å². The van der Waals surface area contributed by atoms with Gasteiger partial charge in [-0.3, -0.25) is 9.59 Å². The maximum absolute atomic E-state index is 9.97. The van der Waals surface area contributed by atoms with E-state index in [1.165, 1.54) is 6.08 Å². The van der Waals surface area contributed by atoms with Gasteiger partial charge in [-0.05, 0) is 12.5 Å². The number of aliphatic hydroxyl groups excluding tert-OH is 1. The van der Waals surface area contributed by atoms with Crippen LogP contribution in [0.4, 0.5) is 0 Å². The van der Waals surface area contributed by atoms with Crippen LogP contribution < -0.4 is 0 Å². The third-order valence-corrected chi connectivity index (χ3v) is 1.07. The zero-order valence-corrected chi connectivity index (χ0v) is 5.93. The summed E-state index contributed by atoms with van der Waals surface area (Å²) in [6, 6.07) is 0. The monoisotopic (exact) mass is 158 g/mol. The molecule has 0 bridgehead atoms. The van der Waals surface area contributed by atoms with Gasteiger partial charge in [0.2, 0.25) is 0 Å². The number of carboxylic acid groups (broad SMARTS) is 1. The fraction of sp³-hybridized carbons (Fsp3) is 0.429. The van der Waals surface area contributed by atoms with Crippen LogP contribution in [0.5, 0.6) is 0 Å². The van der Waals surface area contributed by atoms with E-state index in [0.29, 0.717) is 6.29 Å². The maximum atomic E-state index is 9.97. The van der Waals surface area contributed by atoms with Crippen molar-refractivity contribution in [2.45, 2.75) is 18.9 Å². The molecule has 0 aromatic carbocycles. The molecule has 1 atom stereocenters. The van der Waals surface area contributed by atoms with Gasteiger partial charge in [-0.2, -0.15) is 0 Å². The Kier molecular flexibility index (Phi) is 5.02. The van der Waals surface area contributed by atoms with E-state index in [-0.39, 0.29) is 12.8 Å². The highest BCUT2D eigenvalue weighted by Crippen LogP contribution is 1.97. The lowest BCUT2D eigenvalue weighted by atomic mass is 10.2. The summed E-state index contributed by atoms with van der Waals surface area (Å²) in [6.07, 6.45) is 2.15. The molecule has 0 amide bonds. The van der Waals surface area contributed by atoms with Crippen molar-refractivity contribution < 1.29 is 19.8 Å². The Labute approximate surface area is 64.2 Å². The standard InChI is InChI=1S/C7H10O4/c8-5-1-2-6(9)3-4-7(10)11/h1-2,5-6,9H,3-4H2,(H,10,11). The molecule has 0 saturated heterocycles. The molecular weight excluding hydrogens is 148 g/mol. The predicted molar refractivity (Wildman–Crippen MR) is 38.1 cm³/mol. The van der Waals surface area contributed by atoms with Crippen LogP contribution in [-0.4, -0.2) is 28.6 Å². The first kappa shape index (κ1) is 9.84. The first-order chi connectivity index (χ1) is 5.16. The number of aldehydes is 1. The minimum absolute atomic E-state index is 0.0929. The second-order valence-electron chi connectivity index (χ2n) is 2.02. The molecule has 0 spiro atoms. The number of aliphatic carboxylic acids is 1. The largest absolute Gasteiger partial charge is 0.481 e. The molecule has 1 unspecified atom stereocenters. The number of carbonyl (C=O) groups is 2. The molecule has 4 nitrogen and oxygen atoms in total. The van der Waals surface area contributed by atoms with E-state index >= 15 is 0 Å². The molecule has 2 N–H and O–H groups in total. The summed E-state index contributed by atoms with van der Waals surface area (Å²) >= 11 is 0. The molecule has 4 heteroatoms. The molecule has 0 aliphatic rings. The number of hydrogen-bond acceptors (Lipinski definition) is 3. The Morgan fingerprint density at radius 1 is 1.55 bits per heavy atom. The minimum atomic E-state index is -0.955. The molecule has 62 valence electrons. The number of aliphatic hydroxyl groups is 1. The average molecular weight is 158 g/mol. The van der Waals surface area contributed by atoms with Gasteiger partial charge in [0, 0.05) is 6.42 Å². The van der Waals surface area contributed by atoms with Gasteiger partial charge >= 0.3 is 5.97 Å². The van der Waals surface area contributed by atoms with Crippen molar-refractivity contribution >= 4 is 12.3 Å². The van der Waals surface area contributed by atoms with Gasteiger partial charge in [-0.1, -0.05) is 6.08 Å². The van der Waals surface area contributed by atoms with Crippen LogP contribution in [0.15, 0.2) is 12.2 Å². The number of allylic oxidation sites excluding steroid dienone is 1.